The summed E-state index contributed by atoms with van der Waals surface area (Å²) >= 11 is 1.73. The van der Waals surface area contributed by atoms with Crippen LogP contribution in [0.5, 0.6) is 0 Å². The molecule has 0 spiro atoms. The number of nitrogens with one attached hydrogen (secondary N) is 1. The fourth-order valence-electron chi connectivity index (χ4n) is 3.33. The lowest BCUT2D eigenvalue weighted by Crippen LogP contribution is -2.25. The van der Waals surface area contributed by atoms with Gasteiger partial charge in [-0.25, -0.2) is 9.97 Å². The molecule has 0 atom stereocenters. The van der Waals surface area contributed by atoms with Crippen LogP contribution in [-0.2, 0) is 19.3 Å². The summed E-state index contributed by atoms with van der Waals surface area (Å²) in [5.74, 6) is -0.332. The van der Waals surface area contributed by atoms with E-state index in [1.54, 1.807) is 40.4 Å². The van der Waals surface area contributed by atoms with Gasteiger partial charge in [0, 0.05) is 41.9 Å². The highest BCUT2D eigenvalue weighted by Gasteiger charge is 2.19. The van der Waals surface area contributed by atoms with Crippen LogP contribution in [0.25, 0.3) is 5.69 Å². The molecule has 0 saturated carbocycles. The zero-order valence-electron chi connectivity index (χ0n) is 15.1. The Balaban J connectivity index is 1.42. The number of thiazole rings is 1. The van der Waals surface area contributed by atoms with Crippen molar-refractivity contribution < 1.29 is 9.72 Å². The van der Waals surface area contributed by atoms with Gasteiger partial charge >= 0.3 is 0 Å². The van der Waals surface area contributed by atoms with Crippen molar-refractivity contribution in [3.05, 3.63) is 68.2 Å². The largest absolute Gasteiger partial charge is 0.352 e. The summed E-state index contributed by atoms with van der Waals surface area (Å²) in [6.45, 7) is 0.447. The van der Waals surface area contributed by atoms with E-state index in [1.807, 2.05) is 0 Å². The molecule has 1 amide bonds. The standard InChI is InChI=1S/C19H19N5O3S/c25-19(21-8-7-18-22-14-3-1-2-4-17(14)28-18)13-5-6-15(16(11-13)24(26)27)23-10-9-20-12-23/h5-6,9-12H,1-4,7-8H2,(H,21,25). The van der Waals surface area contributed by atoms with E-state index in [4.69, 9.17) is 0 Å². The lowest BCUT2D eigenvalue weighted by molar-refractivity contribution is -0.384. The third-order valence-corrected chi connectivity index (χ3v) is 5.95. The number of aromatic nitrogens is 3. The van der Waals surface area contributed by atoms with E-state index in [0.717, 1.165) is 17.8 Å². The van der Waals surface area contributed by atoms with Crippen molar-refractivity contribution in [2.45, 2.75) is 32.1 Å². The first-order valence-electron chi connectivity index (χ1n) is 9.14. The summed E-state index contributed by atoms with van der Waals surface area (Å²) in [6.07, 6.45) is 9.88. The van der Waals surface area contributed by atoms with Crippen molar-refractivity contribution in [3.8, 4) is 5.69 Å². The zero-order valence-corrected chi connectivity index (χ0v) is 15.9. The molecular weight excluding hydrogens is 378 g/mol. The molecule has 9 heteroatoms. The predicted molar refractivity (Wildman–Crippen MR) is 105 cm³/mol. The molecule has 0 radical (unpaired) electrons. The van der Waals surface area contributed by atoms with Gasteiger partial charge in [-0.1, -0.05) is 0 Å². The van der Waals surface area contributed by atoms with Gasteiger partial charge in [0.25, 0.3) is 11.6 Å². The van der Waals surface area contributed by atoms with Crippen LogP contribution in [0.15, 0.2) is 36.9 Å². The molecule has 3 aromatic rings. The molecule has 4 rings (SSSR count). The highest BCUT2D eigenvalue weighted by Crippen LogP contribution is 2.27. The average molecular weight is 397 g/mol. The Hall–Kier alpha value is -3.07. The number of aryl methyl sites for hydroxylation is 2. The maximum absolute atomic E-state index is 12.4. The second-order valence-corrected chi connectivity index (χ2v) is 7.79. The second-order valence-electron chi connectivity index (χ2n) is 6.62. The van der Waals surface area contributed by atoms with Crippen molar-refractivity contribution in [2.24, 2.45) is 0 Å². The maximum Gasteiger partial charge on any atom is 0.294 e. The van der Waals surface area contributed by atoms with Crippen molar-refractivity contribution in [1.82, 2.24) is 19.9 Å². The minimum Gasteiger partial charge on any atom is -0.352 e. The van der Waals surface area contributed by atoms with E-state index in [1.165, 1.54) is 35.8 Å². The van der Waals surface area contributed by atoms with Crippen LogP contribution >= 0.6 is 11.3 Å². The van der Waals surface area contributed by atoms with Gasteiger partial charge in [-0.15, -0.1) is 11.3 Å². The van der Waals surface area contributed by atoms with E-state index in [2.05, 4.69) is 15.3 Å². The van der Waals surface area contributed by atoms with Gasteiger partial charge in [-0.2, -0.15) is 0 Å². The molecule has 0 fully saturated rings. The predicted octanol–water partition coefficient (Wildman–Crippen LogP) is 3.09. The van der Waals surface area contributed by atoms with Crippen molar-refractivity contribution in [2.75, 3.05) is 6.54 Å². The number of fused-ring (bicyclic) bond motifs is 1. The van der Waals surface area contributed by atoms with Crippen LogP contribution in [-0.4, -0.2) is 31.9 Å². The number of amides is 1. The Bertz CT molecular complexity index is 989. The first-order chi connectivity index (χ1) is 13.6. The Morgan fingerprint density at radius 3 is 2.93 bits per heavy atom. The van der Waals surface area contributed by atoms with Gasteiger partial charge in [-0.05, 0) is 37.8 Å². The van der Waals surface area contributed by atoms with E-state index in [0.29, 0.717) is 18.7 Å². The highest BCUT2D eigenvalue weighted by molar-refractivity contribution is 7.11. The van der Waals surface area contributed by atoms with Crippen molar-refractivity contribution in [1.29, 1.82) is 0 Å². The number of imidazole rings is 1. The van der Waals surface area contributed by atoms with E-state index in [-0.39, 0.29) is 17.2 Å². The fourth-order valence-corrected chi connectivity index (χ4v) is 4.48. The molecular formula is C19H19N5O3S. The van der Waals surface area contributed by atoms with Crippen LogP contribution in [0.1, 0.15) is 38.8 Å². The molecule has 1 aliphatic rings. The zero-order chi connectivity index (χ0) is 19.5. The second kappa shape index (κ2) is 7.89. The topological polar surface area (TPSA) is 103 Å². The lowest BCUT2D eigenvalue weighted by Gasteiger charge is -2.07. The van der Waals surface area contributed by atoms with Crippen LogP contribution in [0.3, 0.4) is 0 Å². The molecule has 1 aromatic carbocycles. The molecule has 28 heavy (non-hydrogen) atoms. The van der Waals surface area contributed by atoms with E-state index in [9.17, 15) is 14.9 Å². The number of rotatable bonds is 6. The SMILES string of the molecule is O=C(NCCc1nc2c(s1)CCCC2)c1ccc(-n2ccnc2)c([N+](=O)[O-])c1. The molecule has 1 aliphatic carbocycles. The summed E-state index contributed by atoms with van der Waals surface area (Å²) in [4.78, 5) is 33.3. The maximum atomic E-state index is 12.4. The quantitative estimate of drug-likeness (QED) is 0.509. The summed E-state index contributed by atoms with van der Waals surface area (Å²) in [5.41, 5.74) is 1.70. The van der Waals surface area contributed by atoms with Crippen LogP contribution < -0.4 is 5.32 Å². The Kier molecular flexibility index (Phi) is 5.16. The van der Waals surface area contributed by atoms with Crippen molar-refractivity contribution >= 4 is 22.9 Å². The molecule has 2 aromatic heterocycles. The average Bonchev–Trinajstić information content (AvgIpc) is 3.36. The third kappa shape index (κ3) is 3.79. The summed E-state index contributed by atoms with van der Waals surface area (Å²) < 4.78 is 1.55. The van der Waals surface area contributed by atoms with Gasteiger partial charge < -0.3 is 9.88 Å². The van der Waals surface area contributed by atoms with Gasteiger partial charge in [0.1, 0.15) is 5.69 Å². The number of nitrogens with zero attached hydrogens (tertiary/aromatic N) is 4. The molecule has 144 valence electrons. The minimum atomic E-state index is -0.494. The number of benzene rings is 1. The Morgan fingerprint density at radius 1 is 1.32 bits per heavy atom. The third-order valence-electron chi connectivity index (χ3n) is 4.73. The van der Waals surface area contributed by atoms with Gasteiger partial charge in [0.05, 0.1) is 22.0 Å². The molecule has 0 unspecified atom stereocenters. The lowest BCUT2D eigenvalue weighted by atomic mass is 10.0. The number of hydrogen-bond acceptors (Lipinski definition) is 6. The molecule has 0 bridgehead atoms. The molecule has 0 aliphatic heterocycles. The first-order valence-corrected chi connectivity index (χ1v) is 9.96. The van der Waals surface area contributed by atoms with Gasteiger partial charge in [-0.3, -0.25) is 14.9 Å². The Labute approximate surface area is 165 Å². The van der Waals surface area contributed by atoms with Crippen molar-refractivity contribution in [3.63, 3.8) is 0 Å². The van der Waals surface area contributed by atoms with Gasteiger partial charge in [0.15, 0.2) is 0 Å². The summed E-state index contributed by atoms with van der Waals surface area (Å²) in [7, 11) is 0. The number of carbonyl (C=O) groups excluding carboxylic acids is 1. The Morgan fingerprint density at radius 2 is 2.18 bits per heavy atom. The first kappa shape index (κ1) is 18.3. The number of carbonyl (C=O) groups is 1. The minimum absolute atomic E-state index is 0.141. The van der Waals surface area contributed by atoms with E-state index >= 15 is 0 Å². The van der Waals surface area contributed by atoms with Crippen LogP contribution in [0.4, 0.5) is 5.69 Å². The smallest absolute Gasteiger partial charge is 0.294 e. The number of nitro groups is 1. The molecule has 2 heterocycles. The monoisotopic (exact) mass is 397 g/mol. The number of nitro benzene ring substituents is 1. The molecule has 0 saturated heterocycles. The molecule has 1 N–H and O–H groups in total. The highest BCUT2D eigenvalue weighted by atomic mass is 32.1. The molecule has 8 nitrogen and oxygen atoms in total. The summed E-state index contributed by atoms with van der Waals surface area (Å²) in [6, 6.07) is 4.44. The normalized spacial score (nSPS) is 13.1. The van der Waals surface area contributed by atoms with E-state index < -0.39 is 4.92 Å². The van der Waals surface area contributed by atoms with Crippen LogP contribution in [0.2, 0.25) is 0 Å². The van der Waals surface area contributed by atoms with Crippen LogP contribution in [0, 0.1) is 10.1 Å². The number of hydrogen-bond donors (Lipinski definition) is 1. The summed E-state index contributed by atoms with van der Waals surface area (Å²) in [5, 5.41) is 15.3. The fraction of sp³-hybridized carbons (Fsp3) is 0.316. The van der Waals surface area contributed by atoms with Gasteiger partial charge in [0.2, 0.25) is 0 Å².